The first-order valence-electron chi connectivity index (χ1n) is 9.57. The normalized spacial score (nSPS) is 27.8. The second-order valence-corrected chi connectivity index (χ2v) is 7.58. The lowest BCUT2D eigenvalue weighted by Crippen LogP contribution is -2.28. The van der Waals surface area contributed by atoms with Gasteiger partial charge in [0.25, 0.3) is 11.8 Å². The lowest BCUT2D eigenvalue weighted by Gasteiger charge is -2.13. The van der Waals surface area contributed by atoms with Gasteiger partial charge in [-0.05, 0) is 53.6 Å². The first kappa shape index (κ1) is 16.9. The fraction of sp³-hybridized carbons (Fsp3) is 0.261. The molecule has 5 heteroatoms. The zero-order valence-electron chi connectivity index (χ0n) is 15.3. The molecule has 0 N–H and O–H groups in total. The molecule has 4 unspecified atom stereocenters. The Morgan fingerprint density at radius 1 is 0.929 bits per heavy atom. The van der Waals surface area contributed by atoms with Crippen molar-refractivity contribution in [2.45, 2.75) is 13.0 Å². The number of carbonyl (C=O) groups excluding carboxylic acids is 2. The molecule has 2 amide bonds. The summed E-state index contributed by atoms with van der Waals surface area (Å²) in [6, 6.07) is 17.4. The van der Waals surface area contributed by atoms with E-state index in [4.69, 9.17) is 4.74 Å². The smallest absolute Gasteiger partial charge is 0.254 e. The van der Waals surface area contributed by atoms with Crippen molar-refractivity contribution in [1.82, 2.24) is 5.01 Å². The second kappa shape index (κ2) is 6.75. The summed E-state index contributed by atoms with van der Waals surface area (Å²) >= 11 is 0. The lowest BCUT2D eigenvalue weighted by molar-refractivity contribution is -0.140. The van der Waals surface area contributed by atoms with E-state index in [0.29, 0.717) is 6.61 Å². The van der Waals surface area contributed by atoms with Gasteiger partial charge in [-0.3, -0.25) is 9.59 Å². The minimum absolute atomic E-state index is 0.161. The number of rotatable bonds is 5. The summed E-state index contributed by atoms with van der Waals surface area (Å²) in [6.07, 6.45) is 6.65. The van der Waals surface area contributed by atoms with E-state index in [9.17, 15) is 9.59 Å². The Labute approximate surface area is 163 Å². The molecule has 1 saturated heterocycles. The maximum atomic E-state index is 12.6. The van der Waals surface area contributed by atoms with Gasteiger partial charge < -0.3 is 4.74 Å². The van der Waals surface area contributed by atoms with Gasteiger partial charge in [-0.15, -0.1) is 0 Å². The molecule has 0 aromatic heterocycles. The third-order valence-electron chi connectivity index (χ3n) is 5.90. The molecule has 0 radical (unpaired) electrons. The van der Waals surface area contributed by atoms with Crippen molar-refractivity contribution in [3.63, 3.8) is 0 Å². The molecular weight excluding hydrogens is 352 g/mol. The second-order valence-electron chi connectivity index (χ2n) is 7.58. The van der Waals surface area contributed by atoms with E-state index in [1.807, 2.05) is 54.6 Å². The zero-order chi connectivity index (χ0) is 19.1. The summed E-state index contributed by atoms with van der Waals surface area (Å²) < 4.78 is 5.77. The van der Waals surface area contributed by atoms with Crippen molar-refractivity contribution in [1.29, 1.82) is 0 Å². The van der Waals surface area contributed by atoms with E-state index in [0.717, 1.165) is 28.3 Å². The van der Waals surface area contributed by atoms with Crippen LogP contribution in [0.5, 0.6) is 5.75 Å². The van der Waals surface area contributed by atoms with Crippen molar-refractivity contribution < 1.29 is 14.3 Å². The molecule has 1 aliphatic heterocycles. The molecule has 2 bridgehead atoms. The number of nitrogens with zero attached hydrogens (tertiary/aromatic N) is 2. The minimum atomic E-state index is -0.214. The Bertz CT molecular complexity index is 935. The molecule has 4 atom stereocenters. The van der Waals surface area contributed by atoms with E-state index in [1.165, 1.54) is 0 Å². The van der Waals surface area contributed by atoms with E-state index in [-0.39, 0.29) is 35.5 Å². The molecule has 28 heavy (non-hydrogen) atoms. The van der Waals surface area contributed by atoms with Crippen LogP contribution in [0.25, 0.3) is 0 Å². The first-order valence-corrected chi connectivity index (χ1v) is 9.57. The highest BCUT2D eigenvalue weighted by Crippen LogP contribution is 2.52. The molecule has 1 heterocycles. The van der Waals surface area contributed by atoms with Gasteiger partial charge in [-0.25, -0.2) is 0 Å². The van der Waals surface area contributed by atoms with Crippen LogP contribution < -0.4 is 4.74 Å². The van der Waals surface area contributed by atoms with Gasteiger partial charge in [0.05, 0.1) is 18.1 Å². The molecule has 2 aromatic carbocycles. The van der Waals surface area contributed by atoms with Gasteiger partial charge in [0.2, 0.25) is 0 Å². The average Bonchev–Trinajstić information content (AvgIpc) is 3.41. The summed E-state index contributed by atoms with van der Waals surface area (Å²) in [4.78, 5) is 25.2. The van der Waals surface area contributed by atoms with Crippen LogP contribution in [0, 0.1) is 23.7 Å². The van der Waals surface area contributed by atoms with Crippen LogP contribution in [-0.4, -0.2) is 23.0 Å². The summed E-state index contributed by atoms with van der Waals surface area (Å²) in [5, 5.41) is 5.27. The standard InChI is InChI=1S/C23H20N2O3/c26-22-20-17-8-9-18(12-17)21(20)23(27)25(22)24-13-15-6-10-19(11-7-15)28-14-16-4-2-1-3-5-16/h1-11,13,17-18,20-21H,12,14H2. The van der Waals surface area contributed by atoms with Gasteiger partial charge in [0.1, 0.15) is 12.4 Å². The Balaban J connectivity index is 1.23. The third-order valence-corrected chi connectivity index (χ3v) is 5.90. The topological polar surface area (TPSA) is 59.0 Å². The van der Waals surface area contributed by atoms with Crippen molar-refractivity contribution in [3.05, 3.63) is 77.9 Å². The van der Waals surface area contributed by atoms with Crippen LogP contribution in [0.1, 0.15) is 17.5 Å². The number of imide groups is 1. The highest BCUT2D eigenvalue weighted by molar-refractivity contribution is 6.06. The number of allylic oxidation sites excluding steroid dienone is 2. The van der Waals surface area contributed by atoms with Gasteiger partial charge in [-0.1, -0.05) is 42.5 Å². The predicted molar refractivity (Wildman–Crippen MR) is 104 cm³/mol. The van der Waals surface area contributed by atoms with E-state index >= 15 is 0 Å². The van der Waals surface area contributed by atoms with E-state index < -0.39 is 0 Å². The van der Waals surface area contributed by atoms with Crippen LogP contribution in [0.4, 0.5) is 0 Å². The lowest BCUT2D eigenvalue weighted by atomic mass is 9.85. The SMILES string of the molecule is O=C1C2C3C=CC(C3)C2C(=O)N1N=Cc1ccc(OCc2ccccc2)cc1. The number of hydrogen-bond donors (Lipinski definition) is 0. The number of benzene rings is 2. The van der Waals surface area contributed by atoms with Crippen LogP contribution in [0.2, 0.25) is 0 Å². The molecule has 5 nitrogen and oxygen atoms in total. The van der Waals surface area contributed by atoms with E-state index in [1.54, 1.807) is 6.21 Å². The van der Waals surface area contributed by atoms with Crippen molar-refractivity contribution >= 4 is 18.0 Å². The van der Waals surface area contributed by atoms with Gasteiger partial charge in [0.15, 0.2) is 0 Å². The van der Waals surface area contributed by atoms with Crippen LogP contribution >= 0.6 is 0 Å². The Hall–Kier alpha value is -3.21. The highest BCUT2D eigenvalue weighted by atomic mass is 16.5. The summed E-state index contributed by atoms with van der Waals surface area (Å²) in [5.74, 6) is 0.408. The maximum absolute atomic E-state index is 12.6. The number of ether oxygens (including phenoxy) is 1. The summed E-state index contributed by atoms with van der Waals surface area (Å²) in [7, 11) is 0. The molecule has 140 valence electrons. The molecule has 2 aliphatic carbocycles. The van der Waals surface area contributed by atoms with Crippen molar-refractivity contribution in [3.8, 4) is 5.75 Å². The molecule has 0 spiro atoms. The number of fused-ring (bicyclic) bond motifs is 5. The van der Waals surface area contributed by atoms with Gasteiger partial charge >= 0.3 is 0 Å². The summed E-state index contributed by atoms with van der Waals surface area (Å²) in [5.41, 5.74) is 1.92. The molecule has 2 fully saturated rings. The molecule has 2 aromatic rings. The molecule has 1 saturated carbocycles. The molecule has 5 rings (SSSR count). The quantitative estimate of drug-likeness (QED) is 0.459. The average molecular weight is 372 g/mol. The Kier molecular flexibility index (Phi) is 4.08. The van der Waals surface area contributed by atoms with Gasteiger partial charge in [-0.2, -0.15) is 10.1 Å². The number of hydrazone groups is 1. The number of carbonyl (C=O) groups is 2. The number of hydrogen-bond acceptors (Lipinski definition) is 4. The Morgan fingerprint density at radius 3 is 2.21 bits per heavy atom. The zero-order valence-corrected chi connectivity index (χ0v) is 15.3. The van der Waals surface area contributed by atoms with Crippen molar-refractivity contribution in [2.24, 2.45) is 28.8 Å². The molecule has 3 aliphatic rings. The first-order chi connectivity index (χ1) is 13.7. The fourth-order valence-electron chi connectivity index (χ4n) is 4.52. The van der Waals surface area contributed by atoms with Crippen LogP contribution in [-0.2, 0) is 16.2 Å². The maximum Gasteiger partial charge on any atom is 0.254 e. The van der Waals surface area contributed by atoms with Crippen LogP contribution in [0.15, 0.2) is 71.9 Å². The minimum Gasteiger partial charge on any atom is -0.489 e. The number of amides is 2. The Morgan fingerprint density at radius 2 is 1.57 bits per heavy atom. The van der Waals surface area contributed by atoms with Crippen molar-refractivity contribution in [2.75, 3.05) is 0 Å². The fourth-order valence-corrected chi connectivity index (χ4v) is 4.52. The largest absolute Gasteiger partial charge is 0.489 e. The summed E-state index contributed by atoms with van der Waals surface area (Å²) in [6.45, 7) is 0.504. The molecular formula is C23H20N2O3. The monoisotopic (exact) mass is 372 g/mol. The highest BCUT2D eigenvalue weighted by Gasteiger charge is 2.59. The van der Waals surface area contributed by atoms with Gasteiger partial charge in [0, 0.05) is 0 Å². The van der Waals surface area contributed by atoms with E-state index in [2.05, 4.69) is 17.3 Å². The predicted octanol–water partition coefficient (Wildman–Crippen LogP) is 3.41. The third kappa shape index (κ3) is 2.83. The van der Waals surface area contributed by atoms with Crippen LogP contribution in [0.3, 0.4) is 0 Å².